The molecule has 0 aliphatic heterocycles. The third-order valence-electron chi connectivity index (χ3n) is 4.55. The van der Waals surface area contributed by atoms with E-state index in [0.717, 1.165) is 22.4 Å². The maximum absolute atomic E-state index is 12.2. The van der Waals surface area contributed by atoms with Crippen molar-refractivity contribution in [2.75, 3.05) is 12.3 Å². The first-order valence-corrected chi connectivity index (χ1v) is 10.8. The van der Waals surface area contributed by atoms with Crippen molar-refractivity contribution in [3.63, 3.8) is 0 Å². The highest BCUT2D eigenvalue weighted by molar-refractivity contribution is 7.99. The molecule has 1 heterocycles. The fraction of sp³-hybridized carbons (Fsp3) is 0.261. The van der Waals surface area contributed by atoms with Gasteiger partial charge in [-0.2, -0.15) is 0 Å². The van der Waals surface area contributed by atoms with Crippen LogP contribution in [0.1, 0.15) is 16.7 Å². The van der Waals surface area contributed by atoms with Crippen molar-refractivity contribution in [3.8, 4) is 5.69 Å². The van der Waals surface area contributed by atoms with Gasteiger partial charge in [-0.3, -0.25) is 9.36 Å². The minimum absolute atomic E-state index is 0.0710. The summed E-state index contributed by atoms with van der Waals surface area (Å²) in [5.41, 5.74) is 4.07. The molecule has 162 valence electrons. The first kappa shape index (κ1) is 22.6. The number of amides is 1. The van der Waals surface area contributed by atoms with Crippen LogP contribution in [0.3, 0.4) is 0 Å². The Kier molecular flexibility index (Phi) is 7.86. The third kappa shape index (κ3) is 6.44. The van der Waals surface area contributed by atoms with Crippen LogP contribution in [0.5, 0.6) is 0 Å². The number of benzene rings is 2. The van der Waals surface area contributed by atoms with Crippen molar-refractivity contribution in [2.45, 2.75) is 31.7 Å². The van der Waals surface area contributed by atoms with Gasteiger partial charge in [0.25, 0.3) is 0 Å². The van der Waals surface area contributed by atoms with E-state index in [2.05, 4.69) is 16.4 Å². The molecule has 0 aliphatic carbocycles. The minimum Gasteiger partial charge on any atom is -0.459 e. The second-order valence-corrected chi connectivity index (χ2v) is 8.01. The number of ether oxygens (including phenoxy) is 1. The van der Waals surface area contributed by atoms with Crippen LogP contribution >= 0.6 is 11.8 Å². The van der Waals surface area contributed by atoms with E-state index in [-0.39, 0.29) is 24.8 Å². The van der Waals surface area contributed by atoms with Crippen molar-refractivity contribution in [1.82, 2.24) is 14.9 Å². The number of esters is 1. The summed E-state index contributed by atoms with van der Waals surface area (Å²) in [4.78, 5) is 28.4. The van der Waals surface area contributed by atoms with E-state index in [0.29, 0.717) is 5.16 Å². The third-order valence-corrected chi connectivity index (χ3v) is 5.52. The smallest absolute Gasteiger partial charge is 0.337 e. The number of aliphatic hydroxyl groups excluding tert-OH is 1. The number of hydrogen-bond donors (Lipinski definition) is 2. The molecule has 1 aromatic heterocycles. The van der Waals surface area contributed by atoms with Gasteiger partial charge in [0.05, 0.1) is 18.0 Å². The Balaban J connectivity index is 1.46. The van der Waals surface area contributed by atoms with Crippen molar-refractivity contribution in [3.05, 3.63) is 77.6 Å². The van der Waals surface area contributed by atoms with Gasteiger partial charge in [0.1, 0.15) is 6.61 Å². The van der Waals surface area contributed by atoms with Gasteiger partial charge in [-0.05, 0) is 36.6 Å². The number of aromatic nitrogens is 2. The van der Waals surface area contributed by atoms with Crippen LogP contribution < -0.4 is 5.32 Å². The molecule has 3 rings (SSSR count). The molecule has 0 saturated heterocycles. The van der Waals surface area contributed by atoms with E-state index in [9.17, 15) is 14.7 Å². The Labute approximate surface area is 185 Å². The Bertz CT molecular complexity index is 1040. The van der Waals surface area contributed by atoms with Crippen molar-refractivity contribution >= 4 is 23.6 Å². The summed E-state index contributed by atoms with van der Waals surface area (Å²) in [5, 5.41) is 13.2. The van der Waals surface area contributed by atoms with Gasteiger partial charge in [-0.25, -0.2) is 9.78 Å². The van der Waals surface area contributed by atoms with Crippen LogP contribution in [-0.4, -0.2) is 44.9 Å². The van der Waals surface area contributed by atoms with E-state index in [1.165, 1.54) is 11.8 Å². The lowest BCUT2D eigenvalue weighted by Crippen LogP contribution is -2.38. The number of hydrogen-bond acceptors (Lipinski definition) is 6. The Morgan fingerprint density at radius 1 is 1.19 bits per heavy atom. The topological polar surface area (TPSA) is 93.5 Å². The van der Waals surface area contributed by atoms with Gasteiger partial charge in [0.15, 0.2) is 11.3 Å². The molecule has 0 fully saturated rings. The predicted octanol–water partition coefficient (Wildman–Crippen LogP) is 2.80. The number of nitrogens with one attached hydrogen (secondary N) is 1. The van der Waals surface area contributed by atoms with Gasteiger partial charge >= 0.3 is 5.97 Å². The first-order chi connectivity index (χ1) is 14.9. The molecule has 7 nitrogen and oxygen atoms in total. The molecule has 0 radical (unpaired) electrons. The van der Waals surface area contributed by atoms with Crippen molar-refractivity contribution in [1.29, 1.82) is 0 Å². The van der Waals surface area contributed by atoms with Crippen LogP contribution in [0.2, 0.25) is 0 Å². The quantitative estimate of drug-likeness (QED) is 0.393. The fourth-order valence-corrected chi connectivity index (χ4v) is 3.65. The molecule has 2 N–H and O–H groups in total. The van der Waals surface area contributed by atoms with E-state index in [4.69, 9.17) is 4.74 Å². The molecule has 1 atom stereocenters. The highest BCUT2D eigenvalue weighted by atomic mass is 32.2. The summed E-state index contributed by atoms with van der Waals surface area (Å²) in [7, 11) is 0. The van der Waals surface area contributed by atoms with Crippen molar-refractivity contribution in [2.24, 2.45) is 0 Å². The van der Waals surface area contributed by atoms with Crippen molar-refractivity contribution < 1.29 is 19.4 Å². The molecule has 0 saturated carbocycles. The van der Waals surface area contributed by atoms with E-state index >= 15 is 0 Å². The Hall–Kier alpha value is -3.10. The maximum atomic E-state index is 12.2. The van der Waals surface area contributed by atoms with Crippen LogP contribution in [0.4, 0.5) is 0 Å². The summed E-state index contributed by atoms with van der Waals surface area (Å²) in [5.74, 6) is -0.981. The van der Waals surface area contributed by atoms with E-state index in [1.807, 2.05) is 67.1 Å². The highest BCUT2D eigenvalue weighted by Crippen LogP contribution is 2.23. The van der Waals surface area contributed by atoms with E-state index in [1.54, 1.807) is 6.20 Å². The molecular formula is C23H25N3O4S. The van der Waals surface area contributed by atoms with Crippen LogP contribution in [-0.2, 0) is 20.9 Å². The van der Waals surface area contributed by atoms with Crippen LogP contribution in [0.25, 0.3) is 5.69 Å². The second-order valence-electron chi connectivity index (χ2n) is 7.07. The highest BCUT2D eigenvalue weighted by Gasteiger charge is 2.18. The number of carbonyl (C=O) groups excluding carboxylic acids is 2. The zero-order valence-corrected chi connectivity index (χ0v) is 18.3. The molecular weight excluding hydrogens is 414 g/mol. The average Bonchev–Trinajstić information content (AvgIpc) is 3.25. The molecule has 0 bridgehead atoms. The number of aliphatic hydroxyl groups is 1. The normalized spacial score (nSPS) is 11.7. The number of rotatable bonds is 9. The van der Waals surface area contributed by atoms with E-state index < -0.39 is 12.1 Å². The molecule has 3 aromatic rings. The molecule has 0 spiro atoms. The molecule has 1 amide bonds. The van der Waals surface area contributed by atoms with Crippen LogP contribution in [0, 0.1) is 13.8 Å². The largest absolute Gasteiger partial charge is 0.459 e. The predicted molar refractivity (Wildman–Crippen MR) is 119 cm³/mol. The summed E-state index contributed by atoms with van der Waals surface area (Å²) in [6.07, 6.45) is 2.12. The second kappa shape index (κ2) is 10.8. The molecule has 8 heteroatoms. The van der Waals surface area contributed by atoms with Gasteiger partial charge in [0, 0.05) is 12.4 Å². The van der Waals surface area contributed by atoms with Gasteiger partial charge in [0.2, 0.25) is 5.91 Å². The monoisotopic (exact) mass is 439 g/mol. The Morgan fingerprint density at radius 3 is 2.74 bits per heavy atom. The fourth-order valence-electron chi connectivity index (χ4n) is 2.86. The maximum Gasteiger partial charge on any atom is 0.337 e. The minimum atomic E-state index is -1.42. The van der Waals surface area contributed by atoms with Gasteiger partial charge in [-0.1, -0.05) is 54.2 Å². The SMILES string of the molecule is Cc1ccc(C)c(-n2ccnc2SCC(=O)NCC(O)C(=O)OCc2ccccc2)c1. The lowest BCUT2D eigenvalue weighted by atomic mass is 10.1. The lowest BCUT2D eigenvalue weighted by Gasteiger charge is -2.13. The zero-order chi connectivity index (χ0) is 22.2. The summed E-state index contributed by atoms with van der Waals surface area (Å²) in [6.45, 7) is 3.91. The number of nitrogens with zero attached hydrogens (tertiary/aromatic N) is 2. The summed E-state index contributed by atoms with van der Waals surface area (Å²) >= 11 is 1.28. The number of aryl methyl sites for hydroxylation is 2. The molecule has 1 unspecified atom stereocenters. The number of carbonyl (C=O) groups is 2. The molecule has 2 aromatic carbocycles. The standard InChI is InChI=1S/C23H25N3O4S/c1-16-8-9-17(2)19(12-16)26-11-10-24-23(26)31-15-21(28)25-13-20(27)22(29)30-14-18-6-4-3-5-7-18/h3-12,20,27H,13-15H2,1-2H3,(H,25,28). The average molecular weight is 440 g/mol. The number of imidazole rings is 1. The van der Waals surface area contributed by atoms with Crippen LogP contribution in [0.15, 0.2) is 66.1 Å². The summed E-state index contributed by atoms with van der Waals surface area (Å²) < 4.78 is 7.01. The first-order valence-electron chi connectivity index (χ1n) is 9.83. The molecule has 0 aliphatic rings. The lowest BCUT2D eigenvalue weighted by molar-refractivity contribution is -0.154. The van der Waals surface area contributed by atoms with Gasteiger partial charge < -0.3 is 15.2 Å². The zero-order valence-electron chi connectivity index (χ0n) is 17.4. The molecule has 31 heavy (non-hydrogen) atoms. The Morgan fingerprint density at radius 2 is 1.97 bits per heavy atom. The summed E-state index contributed by atoms with van der Waals surface area (Å²) in [6, 6.07) is 15.3. The van der Waals surface area contributed by atoms with Gasteiger partial charge in [-0.15, -0.1) is 0 Å². The number of thioether (sulfide) groups is 1.